The molecule has 2 aromatic heterocycles. The van der Waals surface area contributed by atoms with Crippen molar-refractivity contribution >= 4 is 40.3 Å². The molecule has 0 bridgehead atoms. The first kappa shape index (κ1) is 14.1. The number of hydrogen-bond acceptors (Lipinski definition) is 5. The van der Waals surface area contributed by atoms with Crippen molar-refractivity contribution in [1.29, 1.82) is 0 Å². The molecule has 3 nitrogen and oxygen atoms in total. The van der Waals surface area contributed by atoms with Crippen molar-refractivity contribution in [2.24, 2.45) is 0 Å². The van der Waals surface area contributed by atoms with E-state index in [-0.39, 0.29) is 11.2 Å². The van der Waals surface area contributed by atoms with Gasteiger partial charge in [0.05, 0.1) is 17.7 Å². The quantitative estimate of drug-likeness (QED) is 0.866. The number of hydrogen-bond donors (Lipinski definition) is 0. The molecule has 106 valence electrons. The first-order valence-electron chi connectivity index (χ1n) is 6.48. The van der Waals surface area contributed by atoms with Crippen LogP contribution in [0, 0.1) is 6.92 Å². The normalized spacial score (nSPS) is 17.8. The summed E-state index contributed by atoms with van der Waals surface area (Å²) in [4.78, 5) is 21.3. The lowest BCUT2D eigenvalue weighted by Crippen LogP contribution is -2.31. The van der Waals surface area contributed by atoms with Crippen LogP contribution in [0.4, 0.5) is 0 Å². The highest BCUT2D eigenvalue weighted by atomic mass is 32.2. The van der Waals surface area contributed by atoms with Crippen molar-refractivity contribution in [3.8, 4) is 0 Å². The van der Waals surface area contributed by atoms with Gasteiger partial charge in [-0.05, 0) is 36.1 Å². The molecule has 1 amide bonds. The zero-order valence-electron chi connectivity index (χ0n) is 11.5. The Labute approximate surface area is 131 Å². The van der Waals surface area contributed by atoms with Crippen molar-refractivity contribution in [3.05, 3.63) is 38.0 Å². The average Bonchev–Trinajstić information content (AvgIpc) is 3.07. The second-order valence-corrected chi connectivity index (χ2v) is 8.01. The van der Waals surface area contributed by atoms with Crippen LogP contribution in [0.25, 0.3) is 0 Å². The Morgan fingerprint density at radius 3 is 3.10 bits per heavy atom. The molecule has 0 saturated carbocycles. The third-order valence-electron chi connectivity index (χ3n) is 3.50. The number of thiophene rings is 1. The van der Waals surface area contributed by atoms with Crippen LogP contribution in [0.2, 0.25) is 0 Å². The average molecular weight is 324 g/mol. The van der Waals surface area contributed by atoms with E-state index >= 15 is 0 Å². The summed E-state index contributed by atoms with van der Waals surface area (Å²) >= 11 is 5.16. The largest absolute Gasteiger partial charge is 0.339 e. The molecule has 6 heteroatoms. The third kappa shape index (κ3) is 2.64. The number of fused-ring (bicyclic) bond motifs is 1. The van der Waals surface area contributed by atoms with Gasteiger partial charge < -0.3 is 4.90 Å². The molecule has 0 N–H and O–H groups in total. The topological polar surface area (TPSA) is 33.2 Å². The van der Waals surface area contributed by atoms with Crippen LogP contribution in [0.15, 0.2) is 17.0 Å². The third-order valence-corrected chi connectivity index (χ3v) is 6.65. The summed E-state index contributed by atoms with van der Waals surface area (Å²) < 4.78 is 0. The summed E-state index contributed by atoms with van der Waals surface area (Å²) in [6.45, 7) is 2.66. The summed E-state index contributed by atoms with van der Waals surface area (Å²) in [6.07, 6.45) is 1.10. The number of carbonyl (C=O) groups is 1. The van der Waals surface area contributed by atoms with E-state index in [0.717, 1.165) is 17.9 Å². The minimum absolute atomic E-state index is 0.0248. The van der Waals surface area contributed by atoms with Gasteiger partial charge in [0, 0.05) is 16.8 Å². The van der Waals surface area contributed by atoms with E-state index in [1.807, 2.05) is 24.4 Å². The van der Waals surface area contributed by atoms with Crippen LogP contribution in [0.5, 0.6) is 0 Å². The van der Waals surface area contributed by atoms with Crippen LogP contribution < -0.4 is 0 Å². The number of thiazole rings is 1. The molecule has 0 radical (unpaired) electrons. The van der Waals surface area contributed by atoms with Crippen LogP contribution in [-0.4, -0.2) is 28.6 Å². The number of aryl methyl sites for hydroxylation is 2. The van der Waals surface area contributed by atoms with Gasteiger partial charge in [-0.25, -0.2) is 4.98 Å². The van der Waals surface area contributed by atoms with E-state index in [9.17, 15) is 4.79 Å². The van der Waals surface area contributed by atoms with Gasteiger partial charge in [-0.1, -0.05) is 0 Å². The van der Waals surface area contributed by atoms with Crippen LogP contribution in [-0.2, 0) is 17.8 Å². The first-order chi connectivity index (χ1) is 9.66. The fourth-order valence-electron chi connectivity index (χ4n) is 2.32. The lowest BCUT2D eigenvalue weighted by Gasteiger charge is -2.26. The maximum absolute atomic E-state index is 12.7. The van der Waals surface area contributed by atoms with Gasteiger partial charge in [-0.2, -0.15) is 0 Å². The van der Waals surface area contributed by atoms with Gasteiger partial charge in [0.15, 0.2) is 0 Å². The summed E-state index contributed by atoms with van der Waals surface area (Å²) in [5, 5.41) is 2.08. The van der Waals surface area contributed by atoms with Gasteiger partial charge in [-0.15, -0.1) is 34.4 Å². The molecule has 0 saturated heterocycles. The Bertz CT molecular complexity index is 619. The summed E-state index contributed by atoms with van der Waals surface area (Å²) in [6, 6.07) is 2.11. The first-order valence-corrected chi connectivity index (χ1v) is 9.29. The molecule has 3 rings (SSSR count). The molecule has 3 heterocycles. The maximum atomic E-state index is 12.7. The summed E-state index contributed by atoms with van der Waals surface area (Å²) in [5.74, 6) is 1.25. The lowest BCUT2D eigenvalue weighted by molar-refractivity contribution is -0.129. The number of rotatable bonds is 3. The Morgan fingerprint density at radius 2 is 2.35 bits per heavy atom. The summed E-state index contributed by atoms with van der Waals surface area (Å²) in [7, 11) is 1.89. The molecule has 1 aliphatic heterocycles. The Balaban J connectivity index is 1.75. The fourth-order valence-corrected chi connectivity index (χ4v) is 5.56. The molecular weight excluding hydrogens is 308 g/mol. The van der Waals surface area contributed by atoms with E-state index in [0.29, 0.717) is 6.54 Å². The molecule has 0 unspecified atom stereocenters. The molecule has 20 heavy (non-hydrogen) atoms. The monoisotopic (exact) mass is 324 g/mol. The highest BCUT2D eigenvalue weighted by Gasteiger charge is 2.30. The van der Waals surface area contributed by atoms with E-state index in [1.165, 1.54) is 15.3 Å². The van der Waals surface area contributed by atoms with E-state index in [1.54, 1.807) is 34.4 Å². The zero-order chi connectivity index (χ0) is 14.1. The number of amides is 1. The van der Waals surface area contributed by atoms with E-state index in [2.05, 4.69) is 16.4 Å². The standard InChI is InChI=1S/C14H16N2OS3/c1-9-12(20-8-15-9)7-16(2)14(17)13-10-3-5-18-11(10)4-6-19-13/h3,5,8,13H,4,6-7H2,1-2H3/t13-/m0/s1. The Hall–Kier alpha value is -0.850. The second kappa shape index (κ2) is 5.87. The highest BCUT2D eigenvalue weighted by molar-refractivity contribution is 8.00. The molecule has 0 fully saturated rings. The van der Waals surface area contributed by atoms with E-state index < -0.39 is 0 Å². The number of thioether (sulfide) groups is 1. The van der Waals surface area contributed by atoms with Crippen molar-refractivity contribution in [1.82, 2.24) is 9.88 Å². The van der Waals surface area contributed by atoms with Crippen molar-refractivity contribution in [3.63, 3.8) is 0 Å². The number of nitrogens with zero attached hydrogens (tertiary/aromatic N) is 2. The Kier molecular flexibility index (Phi) is 4.14. The van der Waals surface area contributed by atoms with E-state index in [4.69, 9.17) is 0 Å². The number of carbonyl (C=O) groups excluding carboxylic acids is 1. The van der Waals surface area contributed by atoms with Crippen molar-refractivity contribution < 1.29 is 4.79 Å². The van der Waals surface area contributed by atoms with Crippen molar-refractivity contribution in [2.75, 3.05) is 12.8 Å². The molecule has 0 spiro atoms. The maximum Gasteiger partial charge on any atom is 0.240 e. The van der Waals surface area contributed by atoms with Crippen LogP contribution in [0.1, 0.15) is 26.3 Å². The minimum Gasteiger partial charge on any atom is -0.339 e. The predicted molar refractivity (Wildman–Crippen MR) is 86.5 cm³/mol. The van der Waals surface area contributed by atoms with Gasteiger partial charge in [0.25, 0.3) is 0 Å². The van der Waals surface area contributed by atoms with Crippen LogP contribution in [0.3, 0.4) is 0 Å². The lowest BCUT2D eigenvalue weighted by atomic mass is 10.1. The van der Waals surface area contributed by atoms with Gasteiger partial charge in [0.2, 0.25) is 5.91 Å². The summed E-state index contributed by atoms with van der Waals surface area (Å²) in [5.41, 5.74) is 4.10. The predicted octanol–water partition coefficient (Wildman–Crippen LogP) is 3.50. The SMILES string of the molecule is Cc1ncsc1CN(C)C(=O)[C@H]1SCCc2sccc21. The smallest absolute Gasteiger partial charge is 0.240 e. The molecule has 0 aromatic carbocycles. The van der Waals surface area contributed by atoms with Crippen LogP contribution >= 0.6 is 34.4 Å². The second-order valence-electron chi connectivity index (χ2n) is 4.86. The molecular formula is C14H16N2OS3. The van der Waals surface area contributed by atoms with Gasteiger partial charge in [0.1, 0.15) is 5.25 Å². The fraction of sp³-hybridized carbons (Fsp3) is 0.429. The van der Waals surface area contributed by atoms with Gasteiger partial charge in [-0.3, -0.25) is 4.79 Å². The molecule has 1 aliphatic rings. The minimum atomic E-state index is -0.0248. The number of aromatic nitrogens is 1. The Morgan fingerprint density at radius 1 is 1.50 bits per heavy atom. The molecule has 2 aromatic rings. The van der Waals surface area contributed by atoms with Crippen molar-refractivity contribution in [2.45, 2.75) is 25.1 Å². The van der Waals surface area contributed by atoms with Gasteiger partial charge >= 0.3 is 0 Å². The zero-order valence-corrected chi connectivity index (χ0v) is 13.9. The molecule has 1 atom stereocenters. The molecule has 0 aliphatic carbocycles. The number of likely N-dealkylation sites (N-methyl/N-ethyl adjacent to an activating group) is 1. The highest BCUT2D eigenvalue weighted by Crippen LogP contribution is 2.40.